The van der Waals surface area contributed by atoms with Gasteiger partial charge in [-0.1, -0.05) is 36.7 Å². The molecule has 1 N–H and O–H groups in total. The van der Waals surface area contributed by atoms with Crippen LogP contribution in [-0.4, -0.2) is 27.0 Å². The Morgan fingerprint density at radius 1 is 1.16 bits per heavy atom. The lowest BCUT2D eigenvalue weighted by Gasteiger charge is -2.18. The Kier molecular flexibility index (Phi) is 6.99. The number of esters is 1. The first-order valence-corrected chi connectivity index (χ1v) is 11.8. The maximum atomic E-state index is 12.4. The van der Waals surface area contributed by atoms with Crippen molar-refractivity contribution < 1.29 is 14.3 Å². The molecule has 0 unspecified atom stereocenters. The van der Waals surface area contributed by atoms with Crippen molar-refractivity contribution in [3.05, 3.63) is 42.2 Å². The van der Waals surface area contributed by atoms with E-state index in [9.17, 15) is 4.79 Å². The molecule has 0 spiro atoms. The quantitative estimate of drug-likeness (QED) is 0.445. The first-order chi connectivity index (χ1) is 15.5. The number of hydrogen-bond acceptors (Lipinski definition) is 8. The molecule has 0 saturated heterocycles. The highest BCUT2D eigenvalue weighted by molar-refractivity contribution is 7.16. The molecule has 1 aliphatic rings. The third-order valence-electron chi connectivity index (χ3n) is 5.22. The fourth-order valence-electron chi connectivity index (χ4n) is 3.78. The van der Waals surface area contributed by atoms with Gasteiger partial charge in [0.2, 0.25) is 11.8 Å². The van der Waals surface area contributed by atoms with Crippen molar-refractivity contribution >= 4 is 28.9 Å². The number of carbonyl (C=O) groups excluding carboxylic acids is 1. The van der Waals surface area contributed by atoms with Gasteiger partial charge >= 0.3 is 5.97 Å². The lowest BCUT2D eigenvalue weighted by atomic mass is 9.89. The molecule has 3 aromatic rings. The number of aryl methyl sites for hydroxylation is 1. The number of anilines is 2. The van der Waals surface area contributed by atoms with Gasteiger partial charge in [-0.15, -0.1) is 0 Å². The van der Waals surface area contributed by atoms with E-state index in [1.54, 1.807) is 18.5 Å². The first-order valence-electron chi connectivity index (χ1n) is 11.0. The lowest BCUT2D eigenvalue weighted by Crippen LogP contribution is -2.22. The Bertz CT molecular complexity index is 1080. The molecule has 0 aliphatic heterocycles. The van der Waals surface area contributed by atoms with E-state index in [-0.39, 0.29) is 18.0 Å². The van der Waals surface area contributed by atoms with E-state index in [1.807, 2.05) is 32.9 Å². The molecule has 32 heavy (non-hydrogen) atoms. The van der Waals surface area contributed by atoms with Crippen LogP contribution in [0.5, 0.6) is 11.1 Å². The van der Waals surface area contributed by atoms with E-state index in [1.165, 1.54) is 17.8 Å². The number of carbonyl (C=O) groups is 1. The van der Waals surface area contributed by atoms with Crippen LogP contribution in [0.15, 0.2) is 36.7 Å². The predicted molar refractivity (Wildman–Crippen MR) is 126 cm³/mol. The molecule has 0 amide bonds. The largest absolute Gasteiger partial charge is 0.475 e. The van der Waals surface area contributed by atoms with Gasteiger partial charge in [0.15, 0.2) is 0 Å². The molecule has 1 aromatic carbocycles. The van der Waals surface area contributed by atoms with Gasteiger partial charge in [-0.2, -0.15) is 4.98 Å². The maximum absolute atomic E-state index is 12.4. The SMILES string of the molecule is Cc1cc(Nc2nccc(OC(C)C)n2)cc(-c2cnc(OC(=O)C3CCCCC3)s2)c1. The summed E-state index contributed by atoms with van der Waals surface area (Å²) in [4.78, 5) is 26.4. The lowest BCUT2D eigenvalue weighted by molar-refractivity contribution is -0.139. The van der Waals surface area contributed by atoms with Crippen LogP contribution in [0.3, 0.4) is 0 Å². The maximum Gasteiger partial charge on any atom is 0.316 e. The molecule has 7 nitrogen and oxygen atoms in total. The van der Waals surface area contributed by atoms with Crippen LogP contribution in [0.2, 0.25) is 0 Å². The number of nitrogens with zero attached hydrogens (tertiary/aromatic N) is 3. The number of ether oxygens (including phenoxy) is 2. The van der Waals surface area contributed by atoms with E-state index in [0.717, 1.165) is 47.4 Å². The second-order valence-corrected chi connectivity index (χ2v) is 9.34. The molecule has 8 heteroatoms. The molecular formula is C24H28N4O3S. The minimum absolute atomic E-state index is 0.00121. The highest BCUT2D eigenvalue weighted by Crippen LogP contribution is 2.34. The molecule has 0 atom stereocenters. The highest BCUT2D eigenvalue weighted by atomic mass is 32.1. The number of benzene rings is 1. The first kappa shape index (κ1) is 22.2. The van der Waals surface area contributed by atoms with Crippen LogP contribution < -0.4 is 14.8 Å². The zero-order chi connectivity index (χ0) is 22.5. The van der Waals surface area contributed by atoms with Crippen molar-refractivity contribution in [2.24, 2.45) is 5.92 Å². The average molecular weight is 453 g/mol. The van der Waals surface area contributed by atoms with Crippen molar-refractivity contribution in [3.63, 3.8) is 0 Å². The summed E-state index contributed by atoms with van der Waals surface area (Å²) in [5, 5.41) is 3.64. The molecule has 2 heterocycles. The molecule has 1 fully saturated rings. The summed E-state index contributed by atoms with van der Waals surface area (Å²) in [6.07, 6.45) is 8.67. The van der Waals surface area contributed by atoms with Crippen molar-refractivity contribution in [1.82, 2.24) is 15.0 Å². The van der Waals surface area contributed by atoms with Crippen LogP contribution in [0.1, 0.15) is 51.5 Å². The molecular weight excluding hydrogens is 424 g/mol. The van der Waals surface area contributed by atoms with Gasteiger partial charge < -0.3 is 14.8 Å². The van der Waals surface area contributed by atoms with E-state index in [2.05, 4.69) is 26.3 Å². The monoisotopic (exact) mass is 452 g/mol. The van der Waals surface area contributed by atoms with Crippen LogP contribution >= 0.6 is 11.3 Å². The third-order valence-corrected chi connectivity index (χ3v) is 6.14. The Balaban J connectivity index is 1.48. The summed E-state index contributed by atoms with van der Waals surface area (Å²) in [6, 6.07) is 7.84. The fraction of sp³-hybridized carbons (Fsp3) is 0.417. The van der Waals surface area contributed by atoms with Gasteiger partial charge in [0.05, 0.1) is 16.9 Å². The minimum Gasteiger partial charge on any atom is -0.475 e. The van der Waals surface area contributed by atoms with E-state index >= 15 is 0 Å². The molecule has 1 aliphatic carbocycles. The number of aromatic nitrogens is 3. The zero-order valence-electron chi connectivity index (χ0n) is 18.6. The van der Waals surface area contributed by atoms with Gasteiger partial charge in [-0.05, 0) is 56.9 Å². The predicted octanol–water partition coefficient (Wildman–Crippen LogP) is 5.93. The molecule has 4 rings (SSSR count). The van der Waals surface area contributed by atoms with Crippen molar-refractivity contribution in [3.8, 4) is 21.5 Å². The summed E-state index contributed by atoms with van der Waals surface area (Å²) < 4.78 is 11.2. The van der Waals surface area contributed by atoms with Crippen LogP contribution in [-0.2, 0) is 4.79 Å². The summed E-state index contributed by atoms with van der Waals surface area (Å²) in [5.74, 6) is 0.836. The number of hydrogen-bond donors (Lipinski definition) is 1. The summed E-state index contributed by atoms with van der Waals surface area (Å²) in [5.41, 5.74) is 2.92. The number of rotatable bonds is 7. The number of thiazole rings is 1. The normalized spacial score (nSPS) is 14.4. The smallest absolute Gasteiger partial charge is 0.316 e. The highest BCUT2D eigenvalue weighted by Gasteiger charge is 2.24. The van der Waals surface area contributed by atoms with Crippen molar-refractivity contribution in [2.45, 2.75) is 59.0 Å². The van der Waals surface area contributed by atoms with Gasteiger partial charge in [0.1, 0.15) is 0 Å². The fourth-order valence-corrected chi connectivity index (χ4v) is 4.54. The summed E-state index contributed by atoms with van der Waals surface area (Å²) in [7, 11) is 0. The van der Waals surface area contributed by atoms with Crippen LogP contribution in [0.25, 0.3) is 10.4 Å². The molecule has 168 valence electrons. The third kappa shape index (κ3) is 5.82. The summed E-state index contributed by atoms with van der Waals surface area (Å²) in [6.45, 7) is 5.94. The minimum atomic E-state index is -0.155. The zero-order valence-corrected chi connectivity index (χ0v) is 19.4. The van der Waals surface area contributed by atoms with E-state index in [0.29, 0.717) is 17.0 Å². The number of nitrogens with one attached hydrogen (secondary N) is 1. The Morgan fingerprint density at radius 3 is 2.75 bits per heavy atom. The Hall–Kier alpha value is -3.00. The van der Waals surface area contributed by atoms with Crippen LogP contribution in [0, 0.1) is 12.8 Å². The molecule has 1 saturated carbocycles. The second-order valence-electron chi connectivity index (χ2n) is 8.34. The van der Waals surface area contributed by atoms with Crippen molar-refractivity contribution in [1.29, 1.82) is 0 Å². The molecule has 0 bridgehead atoms. The Labute approximate surface area is 192 Å². The topological polar surface area (TPSA) is 86.2 Å². The standard InChI is InChI=1S/C24H28N4O3S/c1-15(2)30-21-9-10-25-23(28-21)27-19-12-16(3)11-18(13-19)20-14-26-24(32-20)31-22(29)17-7-5-4-6-8-17/h9-15,17H,4-8H2,1-3H3,(H,25,27,28). The molecule has 0 radical (unpaired) electrons. The van der Waals surface area contributed by atoms with Gasteiger partial charge in [-0.3, -0.25) is 4.79 Å². The van der Waals surface area contributed by atoms with Crippen molar-refractivity contribution in [2.75, 3.05) is 5.32 Å². The summed E-state index contributed by atoms with van der Waals surface area (Å²) >= 11 is 1.38. The van der Waals surface area contributed by atoms with Gasteiger partial charge in [-0.25, -0.2) is 9.97 Å². The van der Waals surface area contributed by atoms with Gasteiger partial charge in [0, 0.05) is 24.1 Å². The van der Waals surface area contributed by atoms with E-state index < -0.39 is 0 Å². The molecule has 2 aromatic heterocycles. The Morgan fingerprint density at radius 2 is 1.97 bits per heavy atom. The van der Waals surface area contributed by atoms with E-state index in [4.69, 9.17) is 9.47 Å². The van der Waals surface area contributed by atoms with Crippen LogP contribution in [0.4, 0.5) is 11.6 Å². The second kappa shape index (κ2) is 10.1. The van der Waals surface area contributed by atoms with Gasteiger partial charge in [0.25, 0.3) is 5.19 Å². The average Bonchev–Trinajstić information content (AvgIpc) is 3.22.